The number of phenols is 1. The maximum Gasteiger partial charge on any atom is 0.305 e. The number of hydrogen-bond acceptors (Lipinski definition) is 8. The van der Waals surface area contributed by atoms with Gasteiger partial charge in [-0.05, 0) is 54.7 Å². The molecule has 3 fully saturated rings. The Morgan fingerprint density at radius 2 is 1.89 bits per heavy atom. The Kier molecular flexibility index (Phi) is 6.10. The van der Waals surface area contributed by atoms with Crippen LogP contribution in [0.25, 0.3) is 0 Å². The molecule has 0 unspecified atom stereocenters. The van der Waals surface area contributed by atoms with E-state index < -0.39 is 5.97 Å². The molecule has 6 rings (SSSR count). The number of benzene rings is 1. The number of thioether (sulfide) groups is 1. The predicted octanol–water partition coefficient (Wildman–Crippen LogP) is 3.27. The Balaban J connectivity index is 1.31. The lowest BCUT2D eigenvalue weighted by Crippen LogP contribution is -2.42. The lowest BCUT2D eigenvalue weighted by molar-refractivity contribution is -0.141. The van der Waals surface area contributed by atoms with Crippen molar-refractivity contribution in [1.82, 2.24) is 9.88 Å². The first-order chi connectivity index (χ1) is 17.8. The number of rotatable bonds is 8. The van der Waals surface area contributed by atoms with Crippen molar-refractivity contribution in [3.05, 3.63) is 38.3 Å². The summed E-state index contributed by atoms with van der Waals surface area (Å²) in [4.78, 5) is 55.4. The molecule has 2 amide bonds. The minimum Gasteiger partial charge on any atom is -0.504 e. The van der Waals surface area contributed by atoms with E-state index in [-0.39, 0.29) is 69.6 Å². The van der Waals surface area contributed by atoms with Gasteiger partial charge in [-0.25, -0.2) is 0 Å². The maximum absolute atomic E-state index is 13.6. The summed E-state index contributed by atoms with van der Waals surface area (Å²) in [7, 11) is 1.50. The van der Waals surface area contributed by atoms with Crippen molar-refractivity contribution < 1.29 is 29.3 Å². The van der Waals surface area contributed by atoms with E-state index in [1.165, 1.54) is 23.3 Å². The molecule has 11 heteroatoms. The van der Waals surface area contributed by atoms with Gasteiger partial charge in [0.15, 0.2) is 11.5 Å². The standard InChI is InChI=1S/C26H28N2O7S2/c1-35-15-9-11(6-7-14(15)29)17-18-12-10-13(21(18)36-23-22(17)37-26(34)27-23)20-19(12)24(32)28(25(20)33)8-4-2-3-5-16(30)31/h6-7,9,12-13,17-21,29H,2-5,8,10H2,1H3,(H,27,34)(H,30,31)/t12-,13+,17-,18+,19+,20+,21-/m0/s1. The van der Waals surface area contributed by atoms with Gasteiger partial charge in [0.25, 0.3) is 0 Å². The smallest absolute Gasteiger partial charge is 0.305 e. The molecule has 37 heavy (non-hydrogen) atoms. The van der Waals surface area contributed by atoms with Crippen molar-refractivity contribution in [2.24, 2.45) is 29.6 Å². The molecule has 2 aliphatic heterocycles. The number of aromatic nitrogens is 1. The molecule has 3 N–H and O–H groups in total. The number of unbranched alkanes of at least 4 members (excludes halogenated alkanes) is 2. The van der Waals surface area contributed by atoms with Gasteiger partial charge in [0.2, 0.25) is 11.8 Å². The van der Waals surface area contributed by atoms with Gasteiger partial charge in [-0.1, -0.05) is 23.8 Å². The zero-order valence-electron chi connectivity index (χ0n) is 20.2. The lowest BCUT2D eigenvalue weighted by Gasteiger charge is -2.43. The highest BCUT2D eigenvalue weighted by Crippen LogP contribution is 2.68. The third-order valence-electron chi connectivity index (χ3n) is 8.65. The Labute approximate surface area is 221 Å². The first-order valence-electron chi connectivity index (χ1n) is 12.6. The summed E-state index contributed by atoms with van der Waals surface area (Å²) in [6, 6.07) is 5.28. The fraction of sp³-hybridized carbons (Fsp3) is 0.538. The molecule has 4 aliphatic rings. The number of aliphatic carboxylic acids is 1. The van der Waals surface area contributed by atoms with Gasteiger partial charge < -0.3 is 19.9 Å². The number of methoxy groups -OCH3 is 1. The van der Waals surface area contributed by atoms with Crippen molar-refractivity contribution in [3.63, 3.8) is 0 Å². The maximum atomic E-state index is 13.6. The zero-order chi connectivity index (χ0) is 26.0. The van der Waals surface area contributed by atoms with Gasteiger partial charge in [0.1, 0.15) is 0 Å². The van der Waals surface area contributed by atoms with Gasteiger partial charge in [-0.3, -0.25) is 24.1 Å². The Morgan fingerprint density at radius 3 is 2.62 bits per heavy atom. The van der Waals surface area contributed by atoms with Crippen molar-refractivity contribution in [3.8, 4) is 11.5 Å². The number of imide groups is 1. The minimum absolute atomic E-state index is 0.0242. The van der Waals surface area contributed by atoms with Gasteiger partial charge >= 0.3 is 10.8 Å². The van der Waals surface area contributed by atoms with E-state index in [0.29, 0.717) is 31.6 Å². The largest absolute Gasteiger partial charge is 0.504 e. The molecule has 196 valence electrons. The summed E-state index contributed by atoms with van der Waals surface area (Å²) in [5.41, 5.74) is 0.928. The average Bonchev–Trinajstić information content (AvgIpc) is 3.59. The number of phenolic OH excluding ortho intramolecular Hbond substituents is 1. The van der Waals surface area contributed by atoms with Crippen LogP contribution in [0.1, 0.15) is 48.5 Å². The molecule has 2 aliphatic carbocycles. The van der Waals surface area contributed by atoms with Crippen LogP contribution in [0.4, 0.5) is 0 Å². The third-order valence-corrected chi connectivity index (χ3v) is 11.2. The highest BCUT2D eigenvalue weighted by molar-refractivity contribution is 8.00. The zero-order valence-corrected chi connectivity index (χ0v) is 21.8. The minimum atomic E-state index is -0.838. The number of fused-ring (bicyclic) bond motifs is 9. The van der Waals surface area contributed by atoms with Crippen LogP contribution in [-0.2, 0) is 14.4 Å². The van der Waals surface area contributed by atoms with Gasteiger partial charge in [-0.15, -0.1) is 11.8 Å². The molecule has 1 saturated heterocycles. The summed E-state index contributed by atoms with van der Waals surface area (Å²) in [6.07, 6.45) is 2.70. The summed E-state index contributed by atoms with van der Waals surface area (Å²) in [5, 5.41) is 19.9. The molecule has 0 spiro atoms. The number of hydrogen-bond donors (Lipinski definition) is 3. The number of carboxylic acid groups (broad SMARTS) is 1. The quantitative estimate of drug-likeness (QED) is 0.340. The van der Waals surface area contributed by atoms with E-state index in [4.69, 9.17) is 9.84 Å². The number of carbonyl (C=O) groups is 3. The first kappa shape index (κ1) is 24.5. The number of aromatic amines is 1. The number of H-pyrrole nitrogens is 1. The molecule has 2 saturated carbocycles. The molecule has 7 atom stereocenters. The summed E-state index contributed by atoms with van der Waals surface area (Å²) >= 11 is 2.83. The van der Waals surface area contributed by atoms with Crippen molar-refractivity contribution in [1.29, 1.82) is 0 Å². The van der Waals surface area contributed by atoms with E-state index in [1.54, 1.807) is 17.8 Å². The van der Waals surface area contributed by atoms with Crippen LogP contribution >= 0.6 is 23.1 Å². The molecule has 9 nitrogen and oxygen atoms in total. The average molecular weight is 545 g/mol. The predicted molar refractivity (Wildman–Crippen MR) is 136 cm³/mol. The van der Waals surface area contributed by atoms with Crippen LogP contribution < -0.4 is 9.61 Å². The molecular weight excluding hydrogens is 516 g/mol. The van der Waals surface area contributed by atoms with E-state index >= 15 is 0 Å². The summed E-state index contributed by atoms with van der Waals surface area (Å²) < 4.78 is 5.37. The number of carbonyl (C=O) groups excluding carboxylic acids is 2. The van der Waals surface area contributed by atoms with Gasteiger partial charge in [-0.2, -0.15) is 0 Å². The van der Waals surface area contributed by atoms with Crippen LogP contribution in [0.5, 0.6) is 11.5 Å². The Bertz CT molecular complexity index is 1340. The monoisotopic (exact) mass is 544 g/mol. The van der Waals surface area contributed by atoms with E-state index in [1.807, 2.05) is 12.1 Å². The topological polar surface area (TPSA) is 137 Å². The molecule has 2 aromatic rings. The van der Waals surface area contributed by atoms with Crippen LogP contribution in [0.2, 0.25) is 0 Å². The first-order valence-corrected chi connectivity index (χ1v) is 14.3. The van der Waals surface area contributed by atoms with E-state index in [2.05, 4.69) is 4.98 Å². The van der Waals surface area contributed by atoms with Crippen LogP contribution in [-0.4, -0.2) is 56.8 Å². The van der Waals surface area contributed by atoms with Crippen LogP contribution in [0.3, 0.4) is 0 Å². The van der Waals surface area contributed by atoms with Gasteiger partial charge in [0, 0.05) is 29.0 Å². The molecule has 1 aromatic carbocycles. The van der Waals surface area contributed by atoms with E-state index in [9.17, 15) is 24.3 Å². The SMILES string of the molecule is COc1cc([C@@H]2c3sc(=O)[nH]c3S[C@H]3[C@@H]4C[C@H]([C@H]5C(=O)N(CCCCCC(=O)O)C(=O)[C@H]45)[C@H]23)ccc1O. The number of aromatic hydroxyl groups is 1. The normalized spacial score (nSPS) is 31.4. The van der Waals surface area contributed by atoms with E-state index in [0.717, 1.165) is 21.9 Å². The lowest BCUT2D eigenvalue weighted by atomic mass is 9.68. The highest BCUT2D eigenvalue weighted by Gasteiger charge is 2.69. The second-order valence-electron chi connectivity index (χ2n) is 10.4. The van der Waals surface area contributed by atoms with Crippen molar-refractivity contribution >= 4 is 40.9 Å². The molecule has 3 heterocycles. The third kappa shape index (κ3) is 3.80. The van der Waals surface area contributed by atoms with Crippen molar-refractivity contribution in [2.75, 3.05) is 13.7 Å². The number of carboxylic acids is 1. The second-order valence-corrected chi connectivity index (χ2v) is 12.6. The molecule has 0 radical (unpaired) electrons. The molecule has 1 aromatic heterocycles. The summed E-state index contributed by atoms with van der Waals surface area (Å²) in [5.74, 6) is -1.28. The number of nitrogens with one attached hydrogen (secondary N) is 1. The fourth-order valence-electron chi connectivity index (χ4n) is 7.28. The number of thiazole rings is 1. The number of amides is 2. The second kappa shape index (κ2) is 9.20. The number of nitrogens with zero attached hydrogens (tertiary/aromatic N) is 1. The summed E-state index contributed by atoms with van der Waals surface area (Å²) in [6.45, 7) is 0.339. The highest BCUT2D eigenvalue weighted by atomic mass is 32.2. The molecule has 2 bridgehead atoms. The molecular formula is C26H28N2O7S2. The Hall–Kier alpha value is -2.79. The number of likely N-dealkylation sites (tertiary alicyclic amines) is 1. The fourth-order valence-corrected chi connectivity index (χ4v) is 10.2. The van der Waals surface area contributed by atoms with Crippen molar-refractivity contribution in [2.45, 2.75) is 48.3 Å². The van der Waals surface area contributed by atoms with Crippen LogP contribution in [0.15, 0.2) is 28.0 Å². The van der Waals surface area contributed by atoms with Crippen LogP contribution in [0, 0.1) is 29.6 Å². The van der Waals surface area contributed by atoms with Gasteiger partial charge in [0.05, 0.1) is 24.0 Å². The Morgan fingerprint density at radius 1 is 1.14 bits per heavy atom. The number of ether oxygens (including phenoxy) is 1.